The van der Waals surface area contributed by atoms with Crippen molar-refractivity contribution in [1.82, 2.24) is 4.98 Å². The van der Waals surface area contributed by atoms with Crippen LogP contribution < -0.4 is 10.1 Å². The largest absolute Gasteiger partial charge is 0.497 e. The van der Waals surface area contributed by atoms with E-state index in [9.17, 15) is 9.59 Å². The summed E-state index contributed by atoms with van der Waals surface area (Å²) >= 11 is 1.49. The molecule has 1 aliphatic rings. The maximum atomic E-state index is 13.8. The van der Waals surface area contributed by atoms with E-state index in [0.29, 0.717) is 39.0 Å². The number of ether oxygens (including phenoxy) is 2. The number of methoxy groups -OCH3 is 1. The summed E-state index contributed by atoms with van der Waals surface area (Å²) in [6.45, 7) is 5.89. The maximum absolute atomic E-state index is 13.8. The molecular weight excluding hydrogens is 484 g/mol. The van der Waals surface area contributed by atoms with E-state index in [-0.39, 0.29) is 18.0 Å². The molecule has 1 atom stereocenters. The minimum absolute atomic E-state index is 0.247. The number of hydrogen-bond donors (Lipinski definition) is 1. The van der Waals surface area contributed by atoms with Crippen LogP contribution in [0.1, 0.15) is 58.3 Å². The standard InChI is InChI=1S/C30H30N2O4S/c1-17(2)36-30(34)27-22-13-12-18(3)14-26(22)37-29(27)32-28(33)23-16-25(19-8-7-9-20(15-19)35-4)31-24-11-6-5-10-21(23)24/h5-11,15-18H,12-14H2,1-4H3,(H,32,33). The van der Waals surface area contributed by atoms with Crippen molar-refractivity contribution in [2.24, 2.45) is 5.92 Å². The van der Waals surface area contributed by atoms with Gasteiger partial charge in [0, 0.05) is 15.8 Å². The Balaban J connectivity index is 1.57. The maximum Gasteiger partial charge on any atom is 0.341 e. The van der Waals surface area contributed by atoms with Gasteiger partial charge in [-0.05, 0) is 68.9 Å². The van der Waals surface area contributed by atoms with Crippen LogP contribution in [0.15, 0.2) is 54.6 Å². The first kappa shape index (κ1) is 25.0. The van der Waals surface area contributed by atoms with E-state index in [1.54, 1.807) is 13.2 Å². The molecule has 0 bridgehead atoms. The molecule has 2 heterocycles. The number of anilines is 1. The molecule has 7 heteroatoms. The van der Waals surface area contributed by atoms with Crippen LogP contribution in [-0.4, -0.2) is 30.1 Å². The molecule has 37 heavy (non-hydrogen) atoms. The number of fused-ring (bicyclic) bond motifs is 2. The molecule has 0 aliphatic heterocycles. The van der Waals surface area contributed by atoms with Crippen LogP contribution in [0.2, 0.25) is 0 Å². The fourth-order valence-corrected chi connectivity index (χ4v) is 6.19. The molecule has 1 N–H and O–H groups in total. The summed E-state index contributed by atoms with van der Waals surface area (Å²) in [7, 11) is 1.62. The lowest BCUT2D eigenvalue weighted by atomic mass is 9.88. The van der Waals surface area contributed by atoms with Crippen LogP contribution in [0.4, 0.5) is 5.00 Å². The number of benzene rings is 2. The fourth-order valence-electron chi connectivity index (χ4n) is 4.79. The zero-order chi connectivity index (χ0) is 26.1. The van der Waals surface area contributed by atoms with E-state index in [4.69, 9.17) is 14.5 Å². The van der Waals surface area contributed by atoms with Gasteiger partial charge in [0.05, 0.1) is 35.6 Å². The van der Waals surface area contributed by atoms with Crippen LogP contribution in [0.3, 0.4) is 0 Å². The number of carbonyl (C=O) groups excluding carboxylic acids is 2. The molecular formula is C30H30N2O4S. The van der Waals surface area contributed by atoms with Gasteiger partial charge in [0.15, 0.2) is 0 Å². The molecule has 0 fully saturated rings. The topological polar surface area (TPSA) is 77.5 Å². The number of rotatable bonds is 6. The van der Waals surface area contributed by atoms with Gasteiger partial charge in [0.1, 0.15) is 10.8 Å². The van der Waals surface area contributed by atoms with E-state index in [1.165, 1.54) is 11.3 Å². The minimum Gasteiger partial charge on any atom is -0.497 e. The lowest BCUT2D eigenvalue weighted by Crippen LogP contribution is -2.19. The van der Waals surface area contributed by atoms with E-state index in [1.807, 2.05) is 62.4 Å². The van der Waals surface area contributed by atoms with Crippen LogP contribution in [0.5, 0.6) is 5.75 Å². The molecule has 190 valence electrons. The number of thiophene rings is 1. The van der Waals surface area contributed by atoms with E-state index >= 15 is 0 Å². The summed E-state index contributed by atoms with van der Waals surface area (Å²) in [5, 5.41) is 4.37. The Morgan fingerprint density at radius 3 is 2.70 bits per heavy atom. The average Bonchev–Trinajstić information content (AvgIpc) is 3.24. The first-order chi connectivity index (χ1) is 17.8. The van der Waals surface area contributed by atoms with Crippen molar-refractivity contribution in [3.63, 3.8) is 0 Å². The summed E-state index contributed by atoms with van der Waals surface area (Å²) in [6.07, 6.45) is 2.47. The predicted molar refractivity (Wildman–Crippen MR) is 148 cm³/mol. The molecule has 0 spiro atoms. The summed E-state index contributed by atoms with van der Waals surface area (Å²) in [4.78, 5) is 32.9. The average molecular weight is 515 g/mol. The first-order valence-corrected chi connectivity index (χ1v) is 13.4. The second kappa shape index (κ2) is 10.3. The SMILES string of the molecule is COc1cccc(-c2cc(C(=O)Nc3sc4c(c3C(=O)OC(C)C)CCC(C)C4)c3ccccc3n2)c1. The second-order valence-electron chi connectivity index (χ2n) is 9.77. The summed E-state index contributed by atoms with van der Waals surface area (Å²) in [5.41, 5.74) is 4.24. The van der Waals surface area contributed by atoms with Gasteiger partial charge in [0.2, 0.25) is 0 Å². The van der Waals surface area contributed by atoms with Crippen molar-refractivity contribution in [2.45, 2.75) is 46.1 Å². The Bertz CT molecular complexity index is 1490. The van der Waals surface area contributed by atoms with Crippen LogP contribution >= 0.6 is 11.3 Å². The zero-order valence-corrected chi connectivity index (χ0v) is 22.3. The Morgan fingerprint density at radius 1 is 1.11 bits per heavy atom. The van der Waals surface area contributed by atoms with Gasteiger partial charge < -0.3 is 14.8 Å². The second-order valence-corrected chi connectivity index (χ2v) is 10.9. The van der Waals surface area contributed by atoms with E-state index < -0.39 is 0 Å². The van der Waals surface area contributed by atoms with Crippen molar-refractivity contribution in [3.8, 4) is 17.0 Å². The highest BCUT2D eigenvalue weighted by atomic mass is 32.1. The number of hydrogen-bond acceptors (Lipinski definition) is 6. The number of esters is 1. The van der Waals surface area contributed by atoms with E-state index in [0.717, 1.165) is 40.7 Å². The van der Waals surface area contributed by atoms with Crippen molar-refractivity contribution < 1.29 is 19.1 Å². The number of nitrogens with zero attached hydrogens (tertiary/aromatic N) is 1. The Kier molecular flexibility index (Phi) is 6.98. The lowest BCUT2D eigenvalue weighted by Gasteiger charge is -2.19. The highest BCUT2D eigenvalue weighted by Gasteiger charge is 2.30. The molecule has 4 aromatic rings. The Hall–Kier alpha value is -3.71. The number of amides is 1. The molecule has 1 aliphatic carbocycles. The smallest absolute Gasteiger partial charge is 0.341 e. The third-order valence-corrected chi connectivity index (χ3v) is 7.78. The summed E-state index contributed by atoms with van der Waals surface area (Å²) < 4.78 is 11.0. The van der Waals surface area contributed by atoms with Gasteiger partial charge in [-0.25, -0.2) is 9.78 Å². The van der Waals surface area contributed by atoms with Crippen LogP contribution in [0.25, 0.3) is 22.2 Å². The van der Waals surface area contributed by atoms with Crippen molar-refractivity contribution in [3.05, 3.63) is 76.2 Å². The highest BCUT2D eigenvalue weighted by molar-refractivity contribution is 7.17. The normalized spacial score (nSPS) is 14.9. The molecule has 2 aromatic carbocycles. The molecule has 0 saturated carbocycles. The third kappa shape index (κ3) is 5.09. The minimum atomic E-state index is -0.381. The molecule has 6 nitrogen and oxygen atoms in total. The number of nitrogens with one attached hydrogen (secondary N) is 1. The fraction of sp³-hybridized carbons (Fsp3) is 0.300. The molecule has 1 amide bonds. The monoisotopic (exact) mass is 514 g/mol. The third-order valence-electron chi connectivity index (χ3n) is 6.61. The summed E-state index contributed by atoms with van der Waals surface area (Å²) in [6, 6.07) is 17.0. The molecule has 1 unspecified atom stereocenters. The molecule has 2 aromatic heterocycles. The predicted octanol–water partition coefficient (Wildman–Crippen LogP) is 6.91. The van der Waals surface area contributed by atoms with Gasteiger partial charge in [-0.3, -0.25) is 4.79 Å². The van der Waals surface area contributed by atoms with Crippen LogP contribution in [-0.2, 0) is 17.6 Å². The zero-order valence-electron chi connectivity index (χ0n) is 21.5. The number of para-hydroxylation sites is 1. The van der Waals surface area contributed by atoms with Crippen molar-refractivity contribution in [1.29, 1.82) is 0 Å². The molecule has 5 rings (SSSR count). The van der Waals surface area contributed by atoms with E-state index in [2.05, 4.69) is 12.2 Å². The number of carbonyl (C=O) groups is 2. The number of aromatic nitrogens is 1. The lowest BCUT2D eigenvalue weighted by molar-refractivity contribution is 0.0378. The Labute approximate surface area is 220 Å². The first-order valence-electron chi connectivity index (χ1n) is 12.5. The van der Waals surface area contributed by atoms with Crippen molar-refractivity contribution >= 4 is 39.1 Å². The van der Waals surface area contributed by atoms with Gasteiger partial charge in [-0.1, -0.05) is 37.3 Å². The molecule has 0 saturated heterocycles. The van der Waals surface area contributed by atoms with Gasteiger partial charge in [0.25, 0.3) is 5.91 Å². The van der Waals surface area contributed by atoms with Gasteiger partial charge >= 0.3 is 5.97 Å². The van der Waals surface area contributed by atoms with Gasteiger partial charge in [-0.2, -0.15) is 0 Å². The highest BCUT2D eigenvalue weighted by Crippen LogP contribution is 2.40. The number of pyridine rings is 1. The Morgan fingerprint density at radius 2 is 1.92 bits per heavy atom. The van der Waals surface area contributed by atoms with Crippen LogP contribution in [0, 0.1) is 5.92 Å². The van der Waals surface area contributed by atoms with Gasteiger partial charge in [-0.15, -0.1) is 11.3 Å². The summed E-state index contributed by atoms with van der Waals surface area (Å²) in [5.74, 6) is 0.588. The molecule has 0 radical (unpaired) electrons. The quantitative estimate of drug-likeness (QED) is 0.283. The van der Waals surface area contributed by atoms with Crippen molar-refractivity contribution in [2.75, 3.05) is 12.4 Å².